The SMILES string of the molecule is Cn1cc([C@@H]2C[C@H]2c2c(C(=O)O)ccn2-c2cccc(CN3Cc4ccccc4CC(C)(C)C3)c2)nn1. The molecule has 1 fully saturated rings. The highest BCUT2D eigenvalue weighted by Crippen LogP contribution is 2.55. The Hall–Kier alpha value is -3.71. The molecule has 1 saturated carbocycles. The Morgan fingerprint density at radius 1 is 1.08 bits per heavy atom. The van der Waals surface area contributed by atoms with Gasteiger partial charge in [0.25, 0.3) is 0 Å². The van der Waals surface area contributed by atoms with Crippen LogP contribution in [0.15, 0.2) is 67.0 Å². The second kappa shape index (κ2) is 8.99. The van der Waals surface area contributed by atoms with Crippen molar-refractivity contribution in [2.24, 2.45) is 12.5 Å². The molecule has 0 bridgehead atoms. The third kappa shape index (κ3) is 4.71. The van der Waals surface area contributed by atoms with Crippen molar-refractivity contribution in [1.82, 2.24) is 24.5 Å². The van der Waals surface area contributed by atoms with Gasteiger partial charge in [-0.05, 0) is 53.1 Å². The van der Waals surface area contributed by atoms with Crippen LogP contribution in [0.5, 0.6) is 0 Å². The predicted molar refractivity (Wildman–Crippen MR) is 142 cm³/mol. The molecule has 0 amide bonds. The van der Waals surface area contributed by atoms with Crippen molar-refractivity contribution >= 4 is 5.97 Å². The van der Waals surface area contributed by atoms with Crippen LogP contribution in [0, 0.1) is 5.41 Å². The Balaban J connectivity index is 1.29. The van der Waals surface area contributed by atoms with Crippen LogP contribution in [0.1, 0.15) is 70.5 Å². The molecule has 0 unspecified atom stereocenters. The van der Waals surface area contributed by atoms with Gasteiger partial charge in [0.15, 0.2) is 0 Å². The summed E-state index contributed by atoms with van der Waals surface area (Å²) in [6.07, 6.45) is 5.79. The number of aryl methyl sites for hydroxylation is 1. The molecule has 0 radical (unpaired) electrons. The van der Waals surface area contributed by atoms with E-state index in [0.717, 1.165) is 49.6 Å². The Kier molecular flexibility index (Phi) is 5.75. The number of rotatable bonds is 6. The fourth-order valence-corrected chi connectivity index (χ4v) is 6.12. The van der Waals surface area contributed by atoms with E-state index in [1.54, 1.807) is 10.7 Å². The summed E-state index contributed by atoms with van der Waals surface area (Å²) in [5.41, 5.74) is 7.42. The number of carbonyl (C=O) groups is 1. The summed E-state index contributed by atoms with van der Waals surface area (Å²) in [5, 5.41) is 18.3. The van der Waals surface area contributed by atoms with Gasteiger partial charge in [-0.15, -0.1) is 5.10 Å². The van der Waals surface area contributed by atoms with Gasteiger partial charge >= 0.3 is 5.97 Å². The number of fused-ring (bicyclic) bond motifs is 1. The second-order valence-electron chi connectivity index (χ2n) is 11.5. The highest BCUT2D eigenvalue weighted by molar-refractivity contribution is 5.90. The third-order valence-corrected chi connectivity index (χ3v) is 7.73. The van der Waals surface area contributed by atoms with E-state index in [4.69, 9.17) is 0 Å². The summed E-state index contributed by atoms with van der Waals surface area (Å²) in [4.78, 5) is 14.7. The van der Waals surface area contributed by atoms with Crippen LogP contribution in [-0.2, 0) is 26.6 Å². The molecule has 1 aliphatic carbocycles. The normalized spacial score (nSPS) is 20.8. The van der Waals surface area contributed by atoms with Crippen LogP contribution in [-0.4, -0.2) is 42.1 Å². The fourth-order valence-electron chi connectivity index (χ4n) is 6.12. The van der Waals surface area contributed by atoms with E-state index in [-0.39, 0.29) is 17.3 Å². The molecule has 6 rings (SSSR count). The molecule has 3 heterocycles. The quantitative estimate of drug-likeness (QED) is 0.400. The van der Waals surface area contributed by atoms with Gasteiger partial charge in [0.1, 0.15) is 0 Å². The second-order valence-corrected chi connectivity index (χ2v) is 11.5. The van der Waals surface area contributed by atoms with E-state index in [9.17, 15) is 9.90 Å². The summed E-state index contributed by atoms with van der Waals surface area (Å²) in [6.45, 7) is 7.50. The lowest BCUT2D eigenvalue weighted by atomic mass is 9.85. The zero-order chi connectivity index (χ0) is 25.7. The molecule has 1 aliphatic heterocycles. The first-order valence-corrected chi connectivity index (χ1v) is 13.0. The van der Waals surface area contributed by atoms with E-state index in [0.29, 0.717) is 5.56 Å². The molecule has 7 nitrogen and oxygen atoms in total. The Morgan fingerprint density at radius 2 is 1.89 bits per heavy atom. The number of hydrogen-bond acceptors (Lipinski definition) is 4. The van der Waals surface area contributed by atoms with Crippen LogP contribution in [0.25, 0.3) is 5.69 Å². The number of carboxylic acids is 1. The van der Waals surface area contributed by atoms with E-state index in [1.807, 2.05) is 19.4 Å². The Bertz CT molecular complexity index is 1470. The van der Waals surface area contributed by atoms with Crippen molar-refractivity contribution in [3.05, 3.63) is 101 Å². The van der Waals surface area contributed by atoms with Crippen molar-refractivity contribution in [3.63, 3.8) is 0 Å². The van der Waals surface area contributed by atoms with Crippen molar-refractivity contribution < 1.29 is 9.90 Å². The number of benzene rings is 2. The highest BCUT2D eigenvalue weighted by atomic mass is 16.4. The van der Waals surface area contributed by atoms with Crippen LogP contribution >= 0.6 is 0 Å². The van der Waals surface area contributed by atoms with Gasteiger partial charge < -0.3 is 9.67 Å². The molecule has 0 spiro atoms. The highest BCUT2D eigenvalue weighted by Gasteiger charge is 2.45. The zero-order valence-electron chi connectivity index (χ0n) is 21.6. The van der Waals surface area contributed by atoms with Crippen molar-refractivity contribution in [3.8, 4) is 5.69 Å². The van der Waals surface area contributed by atoms with Crippen molar-refractivity contribution in [2.45, 2.75) is 51.6 Å². The van der Waals surface area contributed by atoms with Crippen molar-refractivity contribution in [2.75, 3.05) is 6.54 Å². The van der Waals surface area contributed by atoms with Gasteiger partial charge in [-0.3, -0.25) is 9.58 Å². The average molecular weight is 496 g/mol. The van der Waals surface area contributed by atoms with Gasteiger partial charge in [-0.2, -0.15) is 0 Å². The summed E-state index contributed by atoms with van der Waals surface area (Å²) in [6, 6.07) is 19.1. The smallest absolute Gasteiger partial charge is 0.337 e. The summed E-state index contributed by atoms with van der Waals surface area (Å²) in [5.74, 6) is -0.576. The lowest BCUT2D eigenvalue weighted by molar-refractivity contribution is 0.0695. The van der Waals surface area contributed by atoms with Gasteiger partial charge in [-0.1, -0.05) is 55.5 Å². The average Bonchev–Trinajstić information content (AvgIpc) is 3.33. The molecule has 37 heavy (non-hydrogen) atoms. The largest absolute Gasteiger partial charge is 0.478 e. The van der Waals surface area contributed by atoms with Crippen LogP contribution in [0.2, 0.25) is 0 Å². The van der Waals surface area contributed by atoms with Crippen LogP contribution < -0.4 is 0 Å². The maximum atomic E-state index is 12.1. The molecule has 2 aromatic carbocycles. The number of nitrogens with zero attached hydrogens (tertiary/aromatic N) is 5. The van der Waals surface area contributed by atoms with E-state index >= 15 is 0 Å². The summed E-state index contributed by atoms with van der Waals surface area (Å²) in [7, 11) is 1.86. The first-order valence-electron chi connectivity index (χ1n) is 13.0. The Labute approximate surface area is 217 Å². The standard InChI is InChI=1S/C30H33N5O2/c1-30(2)15-21-8-4-5-9-22(21)17-34(19-30)16-20-7-6-10-23(13-20)35-12-11-24(29(36)37)28(35)26-14-25(26)27-18-33(3)32-31-27/h4-13,18,25-26H,14-17,19H2,1-3H3,(H,36,37)/t25-,26-/m1/s1. The number of hydrogen-bond donors (Lipinski definition) is 1. The molecule has 1 N–H and O–H groups in total. The minimum absolute atomic E-state index is 0.115. The maximum Gasteiger partial charge on any atom is 0.337 e. The molecule has 2 atom stereocenters. The van der Waals surface area contributed by atoms with Gasteiger partial charge in [0, 0.05) is 62.3 Å². The minimum Gasteiger partial charge on any atom is -0.478 e. The lowest BCUT2D eigenvalue weighted by Gasteiger charge is -2.29. The molecule has 7 heteroatoms. The van der Waals surface area contributed by atoms with E-state index in [2.05, 4.69) is 82.2 Å². The Morgan fingerprint density at radius 3 is 2.65 bits per heavy atom. The fraction of sp³-hybridized carbons (Fsp3) is 0.367. The number of carboxylic acid groups (broad SMARTS) is 1. The molecule has 190 valence electrons. The first-order chi connectivity index (χ1) is 17.8. The monoisotopic (exact) mass is 495 g/mol. The third-order valence-electron chi connectivity index (χ3n) is 7.73. The van der Waals surface area contributed by atoms with Crippen LogP contribution in [0.3, 0.4) is 0 Å². The topological polar surface area (TPSA) is 76.2 Å². The van der Waals surface area contributed by atoms with Gasteiger partial charge in [0.05, 0.1) is 11.3 Å². The van der Waals surface area contributed by atoms with Gasteiger partial charge in [0.2, 0.25) is 0 Å². The van der Waals surface area contributed by atoms with Crippen molar-refractivity contribution in [1.29, 1.82) is 0 Å². The molecule has 2 aromatic heterocycles. The van der Waals surface area contributed by atoms with E-state index < -0.39 is 5.97 Å². The van der Waals surface area contributed by atoms with Crippen LogP contribution in [0.4, 0.5) is 0 Å². The molecule has 2 aliphatic rings. The minimum atomic E-state index is -0.889. The van der Waals surface area contributed by atoms with E-state index in [1.165, 1.54) is 16.7 Å². The summed E-state index contributed by atoms with van der Waals surface area (Å²) >= 11 is 0. The first kappa shape index (κ1) is 23.7. The summed E-state index contributed by atoms with van der Waals surface area (Å²) < 4.78 is 3.77. The molecular formula is C30H33N5O2. The number of aromatic carboxylic acids is 1. The number of aromatic nitrogens is 4. The molecule has 4 aromatic rings. The predicted octanol–water partition coefficient (Wildman–Crippen LogP) is 5.16. The zero-order valence-corrected chi connectivity index (χ0v) is 21.6. The molecule has 0 saturated heterocycles. The molecular weight excluding hydrogens is 462 g/mol. The maximum absolute atomic E-state index is 12.1. The van der Waals surface area contributed by atoms with Gasteiger partial charge in [-0.25, -0.2) is 4.79 Å². The lowest BCUT2D eigenvalue weighted by Crippen LogP contribution is -2.32.